The summed E-state index contributed by atoms with van der Waals surface area (Å²) in [7, 11) is 1.68. The van der Waals surface area contributed by atoms with Crippen molar-refractivity contribution in [3.8, 4) is 5.75 Å². The zero-order valence-electron chi connectivity index (χ0n) is 13.3. The van der Waals surface area contributed by atoms with E-state index in [4.69, 9.17) is 9.15 Å². The highest BCUT2D eigenvalue weighted by Gasteiger charge is 2.15. The van der Waals surface area contributed by atoms with E-state index < -0.39 is 6.10 Å². The Morgan fingerprint density at radius 1 is 1.09 bits per heavy atom. The first kappa shape index (κ1) is 15.6. The number of methoxy groups -OCH3 is 1. The predicted octanol–water partition coefficient (Wildman–Crippen LogP) is 3.83. The number of nitrogens with one attached hydrogen (secondary N) is 1. The molecule has 0 saturated carbocycles. The number of fused-ring (bicyclic) bond motifs is 1. The van der Waals surface area contributed by atoms with Gasteiger partial charge in [0.2, 0.25) is 0 Å². The molecule has 0 saturated heterocycles. The molecule has 4 heteroatoms. The van der Waals surface area contributed by atoms with Gasteiger partial charge in [0.15, 0.2) is 0 Å². The average molecular weight is 311 g/mol. The Hall–Kier alpha value is -2.30. The highest BCUT2D eigenvalue weighted by Crippen LogP contribution is 2.31. The van der Waals surface area contributed by atoms with Crippen molar-refractivity contribution >= 4 is 10.8 Å². The summed E-state index contributed by atoms with van der Waals surface area (Å²) in [6.07, 6.45) is 0.913. The van der Waals surface area contributed by atoms with Gasteiger partial charge in [-0.2, -0.15) is 0 Å². The van der Waals surface area contributed by atoms with Crippen LogP contribution in [0.15, 0.2) is 59.2 Å². The fourth-order valence-corrected chi connectivity index (χ4v) is 2.83. The Bertz CT molecular complexity index is 767. The van der Waals surface area contributed by atoms with Crippen molar-refractivity contribution in [1.29, 1.82) is 0 Å². The van der Waals surface area contributed by atoms with Crippen LogP contribution in [0.2, 0.25) is 0 Å². The first-order chi connectivity index (χ1) is 11.2. The lowest BCUT2D eigenvalue weighted by Crippen LogP contribution is -2.24. The summed E-state index contributed by atoms with van der Waals surface area (Å²) in [5.41, 5.74) is 1.17. The minimum absolute atomic E-state index is 0.0930. The molecule has 1 heterocycles. The van der Waals surface area contributed by atoms with Crippen LogP contribution >= 0.6 is 0 Å². The first-order valence-electron chi connectivity index (χ1n) is 7.71. The van der Waals surface area contributed by atoms with Crippen LogP contribution in [0.3, 0.4) is 0 Å². The second-order valence-corrected chi connectivity index (χ2v) is 5.56. The van der Waals surface area contributed by atoms with Gasteiger partial charge in [0, 0.05) is 18.0 Å². The van der Waals surface area contributed by atoms with E-state index in [0.717, 1.165) is 16.5 Å². The Kier molecular flexibility index (Phi) is 4.65. The third-order valence-electron chi connectivity index (χ3n) is 4.09. The molecule has 2 atom stereocenters. The summed E-state index contributed by atoms with van der Waals surface area (Å²) in [4.78, 5) is 0. The van der Waals surface area contributed by atoms with Gasteiger partial charge < -0.3 is 19.6 Å². The van der Waals surface area contributed by atoms with Gasteiger partial charge in [-0.3, -0.25) is 0 Å². The van der Waals surface area contributed by atoms with Gasteiger partial charge in [0.25, 0.3) is 0 Å². The number of hydrogen-bond donors (Lipinski definition) is 2. The molecule has 0 amide bonds. The van der Waals surface area contributed by atoms with Crippen LogP contribution < -0.4 is 10.1 Å². The fraction of sp³-hybridized carbons (Fsp3) is 0.263. The summed E-state index contributed by atoms with van der Waals surface area (Å²) in [5, 5.41) is 15.7. The fourth-order valence-electron chi connectivity index (χ4n) is 2.83. The Labute approximate surface area is 135 Å². The zero-order chi connectivity index (χ0) is 16.2. The van der Waals surface area contributed by atoms with Gasteiger partial charge in [-0.1, -0.05) is 30.3 Å². The monoisotopic (exact) mass is 311 g/mol. The van der Waals surface area contributed by atoms with Crippen LogP contribution in [0.5, 0.6) is 5.75 Å². The van der Waals surface area contributed by atoms with E-state index in [2.05, 4.69) is 30.4 Å². The third kappa shape index (κ3) is 3.23. The molecule has 0 aliphatic heterocycles. The number of aliphatic hydroxyl groups is 1. The van der Waals surface area contributed by atoms with E-state index in [-0.39, 0.29) is 6.04 Å². The van der Waals surface area contributed by atoms with E-state index in [0.29, 0.717) is 12.3 Å². The number of hydrogen-bond acceptors (Lipinski definition) is 4. The van der Waals surface area contributed by atoms with Crippen molar-refractivity contribution in [3.63, 3.8) is 0 Å². The van der Waals surface area contributed by atoms with Gasteiger partial charge in [-0.15, -0.1) is 0 Å². The van der Waals surface area contributed by atoms with Crippen molar-refractivity contribution in [3.05, 3.63) is 66.1 Å². The van der Waals surface area contributed by atoms with E-state index in [1.807, 2.05) is 18.2 Å². The van der Waals surface area contributed by atoms with Gasteiger partial charge in [0.05, 0.1) is 13.4 Å². The number of rotatable bonds is 6. The Balaban J connectivity index is 1.80. The van der Waals surface area contributed by atoms with Crippen LogP contribution in [-0.4, -0.2) is 18.8 Å². The molecule has 4 nitrogen and oxygen atoms in total. The Morgan fingerprint density at radius 3 is 2.57 bits per heavy atom. The quantitative estimate of drug-likeness (QED) is 0.726. The number of aliphatic hydroxyl groups excluding tert-OH is 1. The van der Waals surface area contributed by atoms with Crippen LogP contribution in [-0.2, 0) is 0 Å². The number of furan rings is 1. The van der Waals surface area contributed by atoms with E-state index >= 15 is 0 Å². The van der Waals surface area contributed by atoms with Crippen LogP contribution in [0.4, 0.5) is 0 Å². The van der Waals surface area contributed by atoms with Crippen molar-refractivity contribution in [2.45, 2.75) is 19.1 Å². The molecule has 0 bridgehead atoms. The molecule has 0 aliphatic carbocycles. The Morgan fingerprint density at radius 2 is 1.87 bits per heavy atom. The number of ether oxygens (including phenoxy) is 1. The first-order valence-corrected chi connectivity index (χ1v) is 7.71. The zero-order valence-corrected chi connectivity index (χ0v) is 13.3. The second kappa shape index (κ2) is 6.86. The molecule has 120 valence electrons. The molecule has 2 aromatic carbocycles. The lowest BCUT2D eigenvalue weighted by atomic mass is 9.98. The van der Waals surface area contributed by atoms with Gasteiger partial charge in [0.1, 0.15) is 17.6 Å². The molecular formula is C19H21NO3. The summed E-state index contributed by atoms with van der Waals surface area (Å²) < 4.78 is 10.7. The molecule has 2 unspecified atom stereocenters. The molecule has 0 radical (unpaired) electrons. The minimum Gasteiger partial charge on any atom is -0.496 e. The van der Waals surface area contributed by atoms with Crippen LogP contribution in [0, 0.1) is 0 Å². The van der Waals surface area contributed by atoms with Gasteiger partial charge in [-0.25, -0.2) is 0 Å². The van der Waals surface area contributed by atoms with E-state index in [1.165, 1.54) is 5.56 Å². The van der Waals surface area contributed by atoms with Gasteiger partial charge >= 0.3 is 0 Å². The molecular weight excluding hydrogens is 290 g/mol. The lowest BCUT2D eigenvalue weighted by molar-refractivity contribution is 0.144. The maximum atomic E-state index is 10.1. The normalized spacial score (nSPS) is 13.9. The lowest BCUT2D eigenvalue weighted by Gasteiger charge is -2.19. The molecule has 3 rings (SSSR count). The van der Waals surface area contributed by atoms with Crippen molar-refractivity contribution in [2.24, 2.45) is 0 Å². The standard InChI is InChI=1S/C19H21NO3/c1-13(20-12-17(21)19-8-5-11-23-19)14-9-10-18(22-2)16-7-4-3-6-15(14)16/h3-11,13,17,20-21H,12H2,1-2H3. The average Bonchev–Trinajstić information content (AvgIpc) is 3.13. The maximum Gasteiger partial charge on any atom is 0.133 e. The van der Waals surface area contributed by atoms with Crippen molar-refractivity contribution in [1.82, 2.24) is 5.32 Å². The summed E-state index contributed by atoms with van der Waals surface area (Å²) in [5.74, 6) is 1.44. The molecule has 2 N–H and O–H groups in total. The molecule has 3 aromatic rings. The second-order valence-electron chi connectivity index (χ2n) is 5.56. The molecule has 0 aliphatic rings. The molecule has 1 aromatic heterocycles. The van der Waals surface area contributed by atoms with E-state index in [9.17, 15) is 5.11 Å². The molecule has 23 heavy (non-hydrogen) atoms. The van der Waals surface area contributed by atoms with Gasteiger partial charge in [-0.05, 0) is 36.1 Å². The highest BCUT2D eigenvalue weighted by atomic mass is 16.5. The SMILES string of the molecule is COc1ccc(C(C)NCC(O)c2ccco2)c2ccccc12. The largest absolute Gasteiger partial charge is 0.496 e. The topological polar surface area (TPSA) is 54.6 Å². The smallest absolute Gasteiger partial charge is 0.133 e. The minimum atomic E-state index is -0.656. The van der Waals surface area contributed by atoms with Crippen LogP contribution in [0.25, 0.3) is 10.8 Å². The number of benzene rings is 2. The van der Waals surface area contributed by atoms with E-state index in [1.54, 1.807) is 25.5 Å². The molecule has 0 fully saturated rings. The summed E-state index contributed by atoms with van der Waals surface area (Å²) in [6, 6.07) is 15.9. The van der Waals surface area contributed by atoms with Crippen LogP contribution in [0.1, 0.15) is 30.4 Å². The third-order valence-corrected chi connectivity index (χ3v) is 4.09. The maximum absolute atomic E-state index is 10.1. The van der Waals surface area contributed by atoms with Crippen molar-refractivity contribution < 1.29 is 14.3 Å². The van der Waals surface area contributed by atoms with Crippen molar-refractivity contribution in [2.75, 3.05) is 13.7 Å². The highest BCUT2D eigenvalue weighted by molar-refractivity contribution is 5.91. The predicted molar refractivity (Wildman–Crippen MR) is 90.6 cm³/mol. The summed E-state index contributed by atoms with van der Waals surface area (Å²) in [6.45, 7) is 2.51. The summed E-state index contributed by atoms with van der Waals surface area (Å²) >= 11 is 0. The molecule has 0 spiro atoms.